The second-order valence-corrected chi connectivity index (χ2v) is 12.1. The summed E-state index contributed by atoms with van der Waals surface area (Å²) in [6.45, 7) is 10.8. The van der Waals surface area contributed by atoms with E-state index in [1.165, 1.54) is 4.88 Å². The van der Waals surface area contributed by atoms with Crippen molar-refractivity contribution in [2.24, 2.45) is 0 Å². The van der Waals surface area contributed by atoms with Gasteiger partial charge in [0.15, 0.2) is 0 Å². The second kappa shape index (κ2) is 10.4. The highest BCUT2D eigenvalue weighted by atomic mass is 32.2. The van der Waals surface area contributed by atoms with Gasteiger partial charge < -0.3 is 14.6 Å². The van der Waals surface area contributed by atoms with Crippen LogP contribution < -0.4 is 5.11 Å². The summed E-state index contributed by atoms with van der Waals surface area (Å²) in [6, 6.07) is 9.32. The fourth-order valence-electron chi connectivity index (χ4n) is 3.98. The Hall–Kier alpha value is -2.10. The van der Waals surface area contributed by atoms with Gasteiger partial charge in [0.25, 0.3) is 6.09 Å². The highest BCUT2D eigenvalue weighted by Gasteiger charge is 2.43. The molecule has 0 radical (unpaired) electrons. The number of aromatic nitrogens is 1. The molecule has 180 valence electrons. The van der Waals surface area contributed by atoms with Gasteiger partial charge in [0.2, 0.25) is 0 Å². The van der Waals surface area contributed by atoms with E-state index in [2.05, 4.69) is 11.9 Å². The number of benzene rings is 1. The van der Waals surface area contributed by atoms with Crippen LogP contribution in [0.3, 0.4) is 0 Å². The number of amides is 2. The minimum absolute atomic E-state index is 0.200. The van der Waals surface area contributed by atoms with Gasteiger partial charge in [-0.1, -0.05) is 42.1 Å². The van der Waals surface area contributed by atoms with Gasteiger partial charge in [0, 0.05) is 16.2 Å². The zero-order valence-electron chi connectivity index (χ0n) is 20.0. The Morgan fingerprint density at radius 1 is 1.27 bits per heavy atom. The third-order valence-electron chi connectivity index (χ3n) is 5.80. The first-order valence-electron chi connectivity index (χ1n) is 11.2. The van der Waals surface area contributed by atoms with Crippen LogP contribution in [0.4, 0.5) is 9.59 Å². The van der Waals surface area contributed by atoms with E-state index in [0.717, 1.165) is 21.3 Å². The summed E-state index contributed by atoms with van der Waals surface area (Å²) in [5.41, 5.74) is 1.36. The highest BCUT2D eigenvalue weighted by Crippen LogP contribution is 2.30. The fraction of sp³-hybridized carbons (Fsp3) is 0.542. The van der Waals surface area contributed by atoms with Gasteiger partial charge in [0.1, 0.15) is 29.6 Å². The number of carbonyl (C=O) groups excluding carboxylic acids is 2. The highest BCUT2D eigenvalue weighted by molar-refractivity contribution is 8.01. The van der Waals surface area contributed by atoms with E-state index in [1.54, 1.807) is 28.0 Å². The molecule has 1 aliphatic rings. The van der Waals surface area contributed by atoms with Crippen molar-refractivity contribution in [3.8, 4) is 0 Å². The summed E-state index contributed by atoms with van der Waals surface area (Å²) in [7, 11) is 0. The lowest BCUT2D eigenvalue weighted by Gasteiger charge is -2.48. The van der Waals surface area contributed by atoms with E-state index < -0.39 is 17.8 Å². The van der Waals surface area contributed by atoms with Crippen LogP contribution in [0.1, 0.15) is 43.3 Å². The van der Waals surface area contributed by atoms with Crippen molar-refractivity contribution >= 4 is 35.3 Å². The molecule has 1 unspecified atom stereocenters. The Kier molecular flexibility index (Phi) is 8.08. The Bertz CT molecular complexity index is 954. The molecule has 1 aliphatic heterocycles. The molecule has 1 fully saturated rings. The van der Waals surface area contributed by atoms with Crippen LogP contribution >= 0.6 is 23.1 Å². The van der Waals surface area contributed by atoms with E-state index in [0.29, 0.717) is 19.5 Å². The van der Waals surface area contributed by atoms with Crippen molar-refractivity contribution in [2.45, 2.75) is 63.6 Å². The van der Waals surface area contributed by atoms with Crippen molar-refractivity contribution in [1.82, 2.24) is 9.88 Å². The molecule has 0 spiro atoms. The van der Waals surface area contributed by atoms with Crippen LogP contribution in [0.2, 0.25) is 0 Å². The molecule has 0 aliphatic carbocycles. The number of thioether (sulfide) groups is 1. The molecule has 2 heterocycles. The topological polar surface area (TPSA) is 82.6 Å². The van der Waals surface area contributed by atoms with Gasteiger partial charge in [-0.25, -0.2) is 9.78 Å². The molecule has 3 rings (SSSR count). The molecule has 2 amide bonds. The van der Waals surface area contributed by atoms with Gasteiger partial charge in [-0.2, -0.15) is 0 Å². The predicted molar refractivity (Wildman–Crippen MR) is 129 cm³/mol. The van der Waals surface area contributed by atoms with Crippen LogP contribution in [0, 0.1) is 13.8 Å². The van der Waals surface area contributed by atoms with Crippen molar-refractivity contribution in [1.29, 1.82) is 0 Å². The van der Waals surface area contributed by atoms with Crippen LogP contribution in [-0.2, 0) is 11.3 Å². The lowest BCUT2D eigenvalue weighted by atomic mass is 10.1. The molecule has 0 saturated carbocycles. The maximum Gasteiger partial charge on any atom is 0.410 e. The van der Waals surface area contributed by atoms with E-state index in [-0.39, 0.29) is 23.6 Å². The Morgan fingerprint density at radius 3 is 2.55 bits per heavy atom. The Morgan fingerprint density at radius 2 is 1.97 bits per heavy atom. The monoisotopic (exact) mass is 491 g/mol. The number of hydrogen-bond donors (Lipinski definition) is 0. The summed E-state index contributed by atoms with van der Waals surface area (Å²) in [5.74, 6) is 0.731. The second-order valence-electron chi connectivity index (χ2n) is 9.55. The number of piperazine rings is 1. The lowest BCUT2D eigenvalue weighted by Crippen LogP contribution is -2.69. The zero-order valence-corrected chi connectivity index (χ0v) is 21.6. The summed E-state index contributed by atoms with van der Waals surface area (Å²) in [5, 5.41) is 12.4. The number of hydrogen-bond acceptors (Lipinski definition) is 7. The minimum atomic E-state index is -1.11. The number of thiazole rings is 1. The SMILES string of the molecule is Cc1nc(SCC[C@@H]2C[N+](Cc3ccccc3)(C(=O)[O-])CCN2C(=O)OC(C)(C)C)sc1C. The molecular formula is C24H33N3O4S2. The number of nitrogens with zero attached hydrogens (tertiary/aromatic N) is 3. The Balaban J connectivity index is 1.78. The number of ether oxygens (including phenoxy) is 1. The summed E-state index contributed by atoms with van der Waals surface area (Å²) < 4.78 is 6.43. The van der Waals surface area contributed by atoms with Gasteiger partial charge in [0.05, 0.1) is 18.3 Å². The average Bonchev–Trinajstić information content (AvgIpc) is 3.04. The molecular weight excluding hydrogens is 458 g/mol. The number of rotatable bonds is 6. The van der Waals surface area contributed by atoms with E-state index in [4.69, 9.17) is 4.74 Å². The maximum absolute atomic E-state index is 13.0. The largest absolute Gasteiger partial charge is 0.498 e. The van der Waals surface area contributed by atoms with Crippen molar-refractivity contribution in [3.05, 3.63) is 46.5 Å². The standard InChI is InChI=1S/C24H33N3O4S2/c1-17-18(2)33-21(25-17)32-14-11-20-16-27(23(29)30,15-19-9-7-6-8-10-19)13-12-26(20)22(28)31-24(3,4)5/h6-10,20H,11-16H2,1-5H3/t20-,27?/m1/s1. The predicted octanol–water partition coefficient (Wildman–Crippen LogP) is 4.22. The van der Waals surface area contributed by atoms with Crippen LogP contribution in [0.5, 0.6) is 0 Å². The molecule has 1 aromatic heterocycles. The third kappa shape index (κ3) is 6.71. The van der Waals surface area contributed by atoms with Gasteiger partial charge in [-0.3, -0.25) is 9.38 Å². The first kappa shape index (κ1) is 25.5. The fourth-order valence-corrected chi connectivity index (χ4v) is 6.24. The minimum Gasteiger partial charge on any atom is -0.498 e. The van der Waals surface area contributed by atoms with Crippen LogP contribution in [0.25, 0.3) is 0 Å². The van der Waals surface area contributed by atoms with Gasteiger partial charge in [-0.05, 0) is 41.0 Å². The lowest BCUT2D eigenvalue weighted by molar-refractivity contribution is -0.895. The van der Waals surface area contributed by atoms with Crippen LogP contribution in [0.15, 0.2) is 34.7 Å². The number of carboxylic acid groups (broad SMARTS) is 1. The molecule has 1 aromatic carbocycles. The first-order chi connectivity index (χ1) is 15.5. The first-order valence-corrected chi connectivity index (χ1v) is 13.0. The smallest absolute Gasteiger partial charge is 0.410 e. The van der Waals surface area contributed by atoms with Crippen molar-refractivity contribution < 1.29 is 23.9 Å². The normalized spacial score (nSPS) is 21.1. The maximum atomic E-state index is 13.0. The zero-order chi connectivity index (χ0) is 24.2. The number of aryl methyl sites for hydroxylation is 2. The van der Waals surface area contributed by atoms with Crippen LogP contribution in [-0.4, -0.2) is 63.6 Å². The number of carbonyl (C=O) groups is 2. The quantitative estimate of drug-likeness (QED) is 0.444. The van der Waals surface area contributed by atoms with E-state index >= 15 is 0 Å². The van der Waals surface area contributed by atoms with Gasteiger partial charge in [-0.15, -0.1) is 11.3 Å². The Labute approximate surface area is 204 Å². The molecule has 2 atom stereocenters. The van der Waals surface area contributed by atoms with Crippen molar-refractivity contribution in [2.75, 3.05) is 25.4 Å². The molecule has 2 aromatic rings. The molecule has 0 N–H and O–H groups in total. The van der Waals surface area contributed by atoms with Gasteiger partial charge >= 0.3 is 6.09 Å². The summed E-state index contributed by atoms with van der Waals surface area (Å²) >= 11 is 3.31. The summed E-state index contributed by atoms with van der Waals surface area (Å²) in [6.07, 6.45) is -0.857. The van der Waals surface area contributed by atoms with E-state index in [1.807, 2.05) is 58.0 Å². The summed E-state index contributed by atoms with van der Waals surface area (Å²) in [4.78, 5) is 32.8. The third-order valence-corrected chi connectivity index (χ3v) is 8.05. The molecule has 33 heavy (non-hydrogen) atoms. The molecule has 9 heteroatoms. The molecule has 7 nitrogen and oxygen atoms in total. The molecule has 0 bridgehead atoms. The number of quaternary nitrogens is 1. The molecule has 1 saturated heterocycles. The van der Waals surface area contributed by atoms with E-state index in [9.17, 15) is 14.7 Å². The average molecular weight is 492 g/mol. The van der Waals surface area contributed by atoms with Crippen molar-refractivity contribution in [3.63, 3.8) is 0 Å².